The maximum Gasteiger partial charge on any atom is 0.261 e. The van der Waals surface area contributed by atoms with E-state index < -0.39 is 12.0 Å². The van der Waals surface area contributed by atoms with Crippen LogP contribution < -0.4 is 21.1 Å². The Morgan fingerprint density at radius 3 is 2.46 bits per heavy atom. The van der Waals surface area contributed by atoms with Crippen molar-refractivity contribution in [3.63, 3.8) is 0 Å². The first kappa shape index (κ1) is 23.7. The highest BCUT2D eigenvalue weighted by Gasteiger charge is 2.30. The number of hydrogen-bond acceptors (Lipinski definition) is 8. The van der Waals surface area contributed by atoms with E-state index in [2.05, 4.69) is 27.2 Å². The summed E-state index contributed by atoms with van der Waals surface area (Å²) in [4.78, 5) is 20.6. The van der Waals surface area contributed by atoms with Gasteiger partial charge in [-0.25, -0.2) is 9.97 Å². The summed E-state index contributed by atoms with van der Waals surface area (Å²) < 4.78 is 5.86. The molecule has 178 valence electrons. The number of hydrogen-bond donors (Lipinski definition) is 4. The fourth-order valence-electron chi connectivity index (χ4n) is 4.15. The Morgan fingerprint density at radius 1 is 1.06 bits per heavy atom. The van der Waals surface area contributed by atoms with Crippen molar-refractivity contribution in [3.05, 3.63) is 73.1 Å². The van der Waals surface area contributed by atoms with Crippen LogP contribution >= 0.6 is 0 Å². The standard InChI is InChI=1S/C26H26N6O3/c1-16(14-27)26(34)32-19-11-18(12-20(33)13-19)31-25-23(24(28)29-15-30-25)17-7-9-22(10-8-17)35-21-5-3-2-4-6-21/h2-10,15,18-20,33H,1,11-13H2,(H,32,34)(H3,28,29,30,31)/t18-,19+,20+/m0/s1. The summed E-state index contributed by atoms with van der Waals surface area (Å²) >= 11 is 0. The summed E-state index contributed by atoms with van der Waals surface area (Å²) in [6.07, 6.45) is 2.15. The summed E-state index contributed by atoms with van der Waals surface area (Å²) in [5.74, 6) is 1.72. The third-order valence-corrected chi connectivity index (χ3v) is 5.77. The number of amides is 1. The number of nitrogens with two attached hydrogens (primary N) is 1. The molecule has 9 nitrogen and oxygen atoms in total. The van der Waals surface area contributed by atoms with Gasteiger partial charge in [-0.1, -0.05) is 36.9 Å². The van der Waals surface area contributed by atoms with Gasteiger partial charge in [0.25, 0.3) is 5.91 Å². The highest BCUT2D eigenvalue weighted by atomic mass is 16.5. The Bertz CT molecular complexity index is 1240. The van der Waals surface area contributed by atoms with Crippen LogP contribution in [0.3, 0.4) is 0 Å². The van der Waals surface area contributed by atoms with Gasteiger partial charge in [0.15, 0.2) is 0 Å². The second kappa shape index (κ2) is 10.7. The second-order valence-electron chi connectivity index (χ2n) is 8.38. The molecule has 1 fully saturated rings. The van der Waals surface area contributed by atoms with Gasteiger partial charge in [-0.15, -0.1) is 0 Å². The SMILES string of the molecule is C=C(C#N)C(=O)N[C@H]1C[C@H](O)C[C@@H](Nc2ncnc(N)c2-c2ccc(Oc3ccccc3)cc2)C1. The molecule has 0 saturated heterocycles. The van der Waals surface area contributed by atoms with Crippen LogP contribution in [-0.4, -0.2) is 39.2 Å². The highest BCUT2D eigenvalue weighted by molar-refractivity contribution is 5.96. The van der Waals surface area contributed by atoms with Crippen molar-refractivity contribution < 1.29 is 14.6 Å². The van der Waals surface area contributed by atoms with Crippen LogP contribution in [0.15, 0.2) is 73.1 Å². The van der Waals surface area contributed by atoms with Crippen LogP contribution in [0.1, 0.15) is 19.3 Å². The number of carbonyl (C=O) groups is 1. The van der Waals surface area contributed by atoms with Gasteiger partial charge in [-0.2, -0.15) is 5.26 Å². The maximum absolute atomic E-state index is 12.1. The molecule has 0 bridgehead atoms. The normalized spacial score (nSPS) is 19.3. The largest absolute Gasteiger partial charge is 0.457 e. The molecule has 1 aliphatic carbocycles. The number of ether oxygens (including phenoxy) is 1. The Kier molecular flexibility index (Phi) is 7.24. The lowest BCUT2D eigenvalue weighted by atomic mass is 9.88. The molecule has 9 heteroatoms. The van der Waals surface area contributed by atoms with Crippen molar-refractivity contribution in [2.75, 3.05) is 11.1 Å². The molecule has 1 heterocycles. The van der Waals surface area contributed by atoms with Crippen molar-refractivity contribution in [3.8, 4) is 28.7 Å². The molecule has 0 radical (unpaired) electrons. The van der Waals surface area contributed by atoms with Gasteiger partial charge in [0.05, 0.1) is 11.7 Å². The molecule has 0 unspecified atom stereocenters. The molecule has 3 atom stereocenters. The summed E-state index contributed by atoms with van der Waals surface area (Å²) in [5, 5.41) is 25.4. The number of para-hydroxylation sites is 1. The minimum Gasteiger partial charge on any atom is -0.457 e. The van der Waals surface area contributed by atoms with Gasteiger partial charge in [0.2, 0.25) is 0 Å². The number of aromatic nitrogens is 2. The molecule has 2 aromatic carbocycles. The summed E-state index contributed by atoms with van der Waals surface area (Å²) in [6, 6.07) is 18.2. The zero-order valence-corrected chi connectivity index (χ0v) is 19.0. The lowest BCUT2D eigenvalue weighted by Crippen LogP contribution is -2.46. The molecule has 35 heavy (non-hydrogen) atoms. The fraction of sp³-hybridized carbons (Fsp3) is 0.231. The van der Waals surface area contributed by atoms with E-state index in [1.54, 1.807) is 6.07 Å². The monoisotopic (exact) mass is 470 g/mol. The first-order valence-electron chi connectivity index (χ1n) is 11.2. The highest BCUT2D eigenvalue weighted by Crippen LogP contribution is 2.34. The van der Waals surface area contributed by atoms with Gasteiger partial charge in [0.1, 0.15) is 41.1 Å². The van der Waals surface area contributed by atoms with Crippen LogP contribution in [0.4, 0.5) is 11.6 Å². The number of rotatable bonds is 7. The number of carbonyl (C=O) groups excluding carboxylic acids is 1. The number of benzene rings is 2. The molecule has 1 amide bonds. The number of nitrogen functional groups attached to an aromatic ring is 1. The van der Waals surface area contributed by atoms with E-state index in [0.717, 1.165) is 11.3 Å². The number of nitrogens with zero attached hydrogens (tertiary/aromatic N) is 3. The van der Waals surface area contributed by atoms with Crippen LogP contribution in [0.25, 0.3) is 11.1 Å². The number of nitrogens with one attached hydrogen (secondary N) is 2. The number of nitriles is 1. The minimum absolute atomic E-state index is 0.167. The summed E-state index contributed by atoms with van der Waals surface area (Å²) in [5.41, 5.74) is 7.49. The summed E-state index contributed by atoms with van der Waals surface area (Å²) in [6.45, 7) is 3.44. The van der Waals surface area contributed by atoms with Crippen LogP contribution in [-0.2, 0) is 4.79 Å². The smallest absolute Gasteiger partial charge is 0.261 e. The third kappa shape index (κ3) is 5.93. The lowest BCUT2D eigenvalue weighted by molar-refractivity contribution is -0.118. The first-order chi connectivity index (χ1) is 16.9. The topological polar surface area (TPSA) is 146 Å². The molecule has 1 saturated carbocycles. The molecule has 4 rings (SSSR count). The fourth-order valence-corrected chi connectivity index (χ4v) is 4.15. The number of anilines is 2. The predicted octanol–water partition coefficient (Wildman–Crippen LogP) is 3.41. The van der Waals surface area contributed by atoms with Gasteiger partial charge < -0.3 is 26.2 Å². The lowest BCUT2D eigenvalue weighted by Gasteiger charge is -2.34. The van der Waals surface area contributed by atoms with E-state index in [-0.39, 0.29) is 17.7 Å². The van der Waals surface area contributed by atoms with E-state index in [4.69, 9.17) is 15.7 Å². The van der Waals surface area contributed by atoms with E-state index >= 15 is 0 Å². The van der Waals surface area contributed by atoms with Gasteiger partial charge >= 0.3 is 0 Å². The second-order valence-corrected chi connectivity index (χ2v) is 8.38. The maximum atomic E-state index is 12.1. The zero-order valence-electron chi connectivity index (χ0n) is 19.0. The molecule has 5 N–H and O–H groups in total. The Labute approximate surface area is 203 Å². The van der Waals surface area contributed by atoms with Crippen LogP contribution in [0.5, 0.6) is 11.5 Å². The predicted molar refractivity (Wildman–Crippen MR) is 132 cm³/mol. The van der Waals surface area contributed by atoms with E-state index in [9.17, 15) is 9.90 Å². The van der Waals surface area contributed by atoms with Crippen molar-refractivity contribution in [2.45, 2.75) is 37.5 Å². The molecule has 0 spiro atoms. The summed E-state index contributed by atoms with van der Waals surface area (Å²) in [7, 11) is 0. The first-order valence-corrected chi connectivity index (χ1v) is 11.2. The van der Waals surface area contributed by atoms with Crippen LogP contribution in [0, 0.1) is 11.3 Å². The average Bonchev–Trinajstić information content (AvgIpc) is 2.84. The van der Waals surface area contributed by atoms with Crippen molar-refractivity contribution >= 4 is 17.5 Å². The number of aliphatic hydroxyl groups is 1. The Hall–Kier alpha value is -4.42. The Morgan fingerprint density at radius 2 is 1.74 bits per heavy atom. The number of aliphatic hydroxyl groups excluding tert-OH is 1. The van der Waals surface area contributed by atoms with Crippen molar-refractivity contribution in [2.24, 2.45) is 0 Å². The quantitative estimate of drug-likeness (QED) is 0.303. The van der Waals surface area contributed by atoms with E-state index in [0.29, 0.717) is 42.2 Å². The zero-order chi connectivity index (χ0) is 24.8. The van der Waals surface area contributed by atoms with Gasteiger partial charge in [-0.3, -0.25) is 4.79 Å². The third-order valence-electron chi connectivity index (χ3n) is 5.77. The van der Waals surface area contributed by atoms with Crippen LogP contribution in [0.2, 0.25) is 0 Å². The van der Waals surface area contributed by atoms with Crippen molar-refractivity contribution in [1.29, 1.82) is 5.26 Å². The van der Waals surface area contributed by atoms with E-state index in [1.165, 1.54) is 6.33 Å². The molecule has 1 aromatic heterocycles. The minimum atomic E-state index is -0.626. The molecule has 1 aliphatic rings. The van der Waals surface area contributed by atoms with Gasteiger partial charge in [0, 0.05) is 12.1 Å². The molecule has 0 aliphatic heterocycles. The van der Waals surface area contributed by atoms with E-state index in [1.807, 2.05) is 54.6 Å². The van der Waals surface area contributed by atoms with Crippen molar-refractivity contribution in [1.82, 2.24) is 15.3 Å². The van der Waals surface area contributed by atoms with Gasteiger partial charge in [-0.05, 0) is 49.1 Å². The molecule has 3 aromatic rings. The average molecular weight is 471 g/mol. The molecular weight excluding hydrogens is 444 g/mol. The molecular formula is C26H26N6O3. The Balaban J connectivity index is 1.51.